The van der Waals surface area contributed by atoms with Gasteiger partial charge in [-0.1, -0.05) is 128 Å². The van der Waals surface area contributed by atoms with E-state index in [2.05, 4.69) is 13.2 Å². The molecule has 0 bridgehead atoms. The number of aromatic nitrogens is 5. The van der Waals surface area contributed by atoms with Gasteiger partial charge in [0.1, 0.15) is 11.4 Å². The van der Waals surface area contributed by atoms with E-state index in [1.54, 1.807) is 12.2 Å². The van der Waals surface area contributed by atoms with Crippen molar-refractivity contribution in [2.24, 2.45) is 0 Å². The van der Waals surface area contributed by atoms with E-state index in [1.807, 2.05) is 141 Å². The van der Waals surface area contributed by atoms with Crippen molar-refractivity contribution in [1.29, 1.82) is 0 Å². The molecular weight excluding hydrogens is 538 g/mol. The van der Waals surface area contributed by atoms with E-state index < -0.39 is 0 Å². The number of pyridine rings is 1. The summed E-state index contributed by atoms with van der Waals surface area (Å²) in [7, 11) is 0. The predicted molar refractivity (Wildman–Crippen MR) is 183 cm³/mol. The summed E-state index contributed by atoms with van der Waals surface area (Å²) in [4.78, 5) is 24.8. The van der Waals surface area contributed by atoms with E-state index in [1.165, 1.54) is 0 Å². The second kappa shape index (κ2) is 14.4. The summed E-state index contributed by atoms with van der Waals surface area (Å²) in [6.07, 6.45) is 15.3. The SMILES string of the molecule is C=C/C=C\C(=C/C)c1cc(/C(C=C)=C/C=C\C)nc(-c2cccc(-c3nc(-c4ccccc4)cc(-c4ccccc4)n3)n2)n1. The Morgan fingerprint density at radius 2 is 1.14 bits per heavy atom. The number of hydrogen-bond acceptors (Lipinski definition) is 5. The van der Waals surface area contributed by atoms with E-state index >= 15 is 0 Å². The highest BCUT2D eigenvalue weighted by Crippen LogP contribution is 2.29. The van der Waals surface area contributed by atoms with Crippen LogP contribution in [0.2, 0.25) is 0 Å². The molecule has 0 radical (unpaired) electrons. The van der Waals surface area contributed by atoms with Gasteiger partial charge in [0.25, 0.3) is 0 Å². The molecule has 0 fully saturated rings. The smallest absolute Gasteiger partial charge is 0.179 e. The zero-order valence-electron chi connectivity index (χ0n) is 24.9. The highest BCUT2D eigenvalue weighted by atomic mass is 15.0. The van der Waals surface area contributed by atoms with Gasteiger partial charge in [-0.25, -0.2) is 24.9 Å². The van der Waals surface area contributed by atoms with Crippen molar-refractivity contribution in [3.63, 3.8) is 0 Å². The lowest BCUT2D eigenvalue weighted by Gasteiger charge is -2.11. The average Bonchev–Trinajstić information content (AvgIpc) is 3.09. The summed E-state index contributed by atoms with van der Waals surface area (Å²) in [5.74, 6) is 1.01. The normalized spacial score (nSPS) is 12.1. The molecule has 0 aliphatic carbocycles. The first-order chi connectivity index (χ1) is 21.6. The molecule has 5 heteroatoms. The summed E-state index contributed by atoms with van der Waals surface area (Å²) in [5.41, 5.74) is 8.19. The summed E-state index contributed by atoms with van der Waals surface area (Å²) >= 11 is 0. The Morgan fingerprint density at radius 1 is 0.568 bits per heavy atom. The third-order valence-electron chi connectivity index (χ3n) is 6.80. The predicted octanol–water partition coefficient (Wildman–Crippen LogP) is 9.62. The number of rotatable bonds is 10. The maximum absolute atomic E-state index is 5.00. The third kappa shape index (κ3) is 6.97. The van der Waals surface area contributed by atoms with Crippen LogP contribution in [-0.4, -0.2) is 24.9 Å². The minimum Gasteiger partial charge on any atom is -0.241 e. The van der Waals surface area contributed by atoms with E-state index in [0.29, 0.717) is 23.0 Å². The highest BCUT2D eigenvalue weighted by Gasteiger charge is 2.15. The van der Waals surface area contributed by atoms with Crippen LogP contribution in [0.25, 0.3) is 56.7 Å². The van der Waals surface area contributed by atoms with Crippen LogP contribution in [0.4, 0.5) is 0 Å². The Hall–Kier alpha value is -5.81. The van der Waals surface area contributed by atoms with Crippen LogP contribution in [0.5, 0.6) is 0 Å². The van der Waals surface area contributed by atoms with Gasteiger partial charge >= 0.3 is 0 Å². The van der Waals surface area contributed by atoms with Crippen LogP contribution in [0.3, 0.4) is 0 Å². The van der Waals surface area contributed by atoms with Gasteiger partial charge in [0.15, 0.2) is 11.6 Å². The molecule has 214 valence electrons. The molecule has 0 spiro atoms. The minimum absolute atomic E-state index is 0.487. The Balaban J connectivity index is 1.67. The first kappa shape index (κ1) is 29.7. The number of allylic oxidation sites excluding steroid dienone is 10. The second-order valence-electron chi connectivity index (χ2n) is 9.75. The second-order valence-corrected chi connectivity index (χ2v) is 9.75. The maximum atomic E-state index is 5.00. The van der Waals surface area contributed by atoms with E-state index in [9.17, 15) is 0 Å². The van der Waals surface area contributed by atoms with Crippen LogP contribution in [-0.2, 0) is 0 Å². The third-order valence-corrected chi connectivity index (χ3v) is 6.80. The molecule has 5 nitrogen and oxygen atoms in total. The van der Waals surface area contributed by atoms with Crippen LogP contribution in [0, 0.1) is 0 Å². The van der Waals surface area contributed by atoms with Crippen molar-refractivity contribution in [3.05, 3.63) is 164 Å². The molecule has 0 saturated carbocycles. The van der Waals surface area contributed by atoms with E-state index in [-0.39, 0.29) is 0 Å². The average molecular weight is 572 g/mol. The lowest BCUT2D eigenvalue weighted by atomic mass is 10.1. The van der Waals surface area contributed by atoms with E-state index in [4.69, 9.17) is 24.9 Å². The van der Waals surface area contributed by atoms with Gasteiger partial charge in [0.2, 0.25) is 0 Å². The van der Waals surface area contributed by atoms with Gasteiger partial charge in [-0.3, -0.25) is 0 Å². The van der Waals surface area contributed by atoms with Gasteiger partial charge in [0, 0.05) is 11.1 Å². The summed E-state index contributed by atoms with van der Waals surface area (Å²) in [6.45, 7) is 11.8. The zero-order chi connectivity index (χ0) is 30.7. The first-order valence-corrected chi connectivity index (χ1v) is 14.4. The Morgan fingerprint density at radius 3 is 1.66 bits per heavy atom. The molecule has 0 atom stereocenters. The molecule has 0 N–H and O–H groups in total. The molecule has 0 unspecified atom stereocenters. The number of nitrogens with zero attached hydrogens (tertiary/aromatic N) is 5. The molecule has 3 aromatic heterocycles. The maximum Gasteiger partial charge on any atom is 0.179 e. The molecule has 5 rings (SSSR count). The molecular formula is C39H33N5. The molecule has 0 aliphatic heterocycles. The topological polar surface area (TPSA) is 64.5 Å². The Kier molecular flexibility index (Phi) is 9.70. The molecule has 0 amide bonds. The van der Waals surface area contributed by atoms with Gasteiger partial charge < -0.3 is 0 Å². The Bertz CT molecular complexity index is 1840. The van der Waals surface area contributed by atoms with Crippen molar-refractivity contribution < 1.29 is 0 Å². The summed E-state index contributed by atoms with van der Waals surface area (Å²) in [5, 5.41) is 0. The number of benzene rings is 2. The van der Waals surface area contributed by atoms with Crippen molar-refractivity contribution in [1.82, 2.24) is 24.9 Å². The van der Waals surface area contributed by atoms with E-state index in [0.717, 1.165) is 45.0 Å². The first-order valence-electron chi connectivity index (χ1n) is 14.4. The fourth-order valence-corrected chi connectivity index (χ4v) is 4.58. The van der Waals surface area contributed by atoms with Crippen molar-refractivity contribution in [3.8, 4) is 45.6 Å². The van der Waals surface area contributed by atoms with Crippen molar-refractivity contribution in [2.75, 3.05) is 0 Å². The minimum atomic E-state index is 0.487. The van der Waals surface area contributed by atoms with Crippen LogP contribution >= 0.6 is 0 Å². The summed E-state index contributed by atoms with van der Waals surface area (Å²) in [6, 6.07) is 29.9. The quantitative estimate of drug-likeness (QED) is 0.156. The van der Waals surface area contributed by atoms with Gasteiger partial charge in [0.05, 0.1) is 22.8 Å². The largest absolute Gasteiger partial charge is 0.241 e. The number of hydrogen-bond donors (Lipinski definition) is 0. The van der Waals surface area contributed by atoms with Crippen molar-refractivity contribution >= 4 is 11.1 Å². The Labute approximate surface area is 259 Å². The fourth-order valence-electron chi connectivity index (χ4n) is 4.58. The molecule has 44 heavy (non-hydrogen) atoms. The van der Waals surface area contributed by atoms with Crippen LogP contribution in [0.1, 0.15) is 25.2 Å². The summed E-state index contributed by atoms with van der Waals surface area (Å²) < 4.78 is 0. The molecule has 0 saturated heterocycles. The van der Waals surface area contributed by atoms with Gasteiger partial charge in [-0.2, -0.15) is 0 Å². The van der Waals surface area contributed by atoms with Crippen molar-refractivity contribution in [2.45, 2.75) is 13.8 Å². The zero-order valence-corrected chi connectivity index (χ0v) is 24.9. The standard InChI is InChI=1S/C39H33N5/c1-5-9-18-28(7-3)34-26-35(29(8-4)19-10-6-2)42-38(41-34)32-24-17-25-33(40-32)39-43-36(30-20-13-11-14-21-30)27-37(44-39)31-22-15-12-16-23-31/h5-27H,1,4H2,2-3H3/b10-6-,18-9-,28-7+,29-19+. The van der Waals surface area contributed by atoms with Crippen LogP contribution in [0.15, 0.2) is 153 Å². The highest BCUT2D eigenvalue weighted by molar-refractivity contribution is 5.79. The van der Waals surface area contributed by atoms with Gasteiger partial charge in [-0.05, 0) is 49.3 Å². The fraction of sp³-hybridized carbons (Fsp3) is 0.0513. The molecule has 5 aromatic rings. The molecule has 3 heterocycles. The van der Waals surface area contributed by atoms with Crippen LogP contribution < -0.4 is 0 Å². The molecule has 0 aliphatic rings. The monoisotopic (exact) mass is 571 g/mol. The lowest BCUT2D eigenvalue weighted by molar-refractivity contribution is 1.09. The molecule has 2 aromatic carbocycles. The van der Waals surface area contributed by atoms with Gasteiger partial charge in [-0.15, -0.1) is 0 Å². The lowest BCUT2D eigenvalue weighted by Crippen LogP contribution is -2.02.